The molecule has 0 atom stereocenters. The van der Waals surface area contributed by atoms with Crippen molar-refractivity contribution in [1.29, 1.82) is 0 Å². The Kier molecular flexibility index (Phi) is 2.79. The van der Waals surface area contributed by atoms with Crippen molar-refractivity contribution in [3.05, 3.63) is 24.5 Å². The van der Waals surface area contributed by atoms with Gasteiger partial charge in [-0.1, -0.05) is 0 Å². The lowest BCUT2D eigenvalue weighted by Crippen LogP contribution is -2.56. The van der Waals surface area contributed by atoms with Crippen molar-refractivity contribution < 1.29 is 10.0 Å². The number of rotatable bonds is 2. The van der Waals surface area contributed by atoms with E-state index in [0.29, 0.717) is 5.69 Å². The van der Waals surface area contributed by atoms with Gasteiger partial charge >= 0.3 is 6.03 Å². The second kappa shape index (κ2) is 4.24. The average Bonchev–Trinajstić information content (AvgIpc) is 2.23. The number of hydrazine groups is 1. The number of pyridine rings is 1. The Morgan fingerprint density at radius 1 is 1.60 bits per heavy atom. The molecule has 0 spiro atoms. The normalized spacial score (nSPS) is 15.5. The van der Waals surface area contributed by atoms with Crippen molar-refractivity contribution in [1.82, 2.24) is 15.5 Å². The van der Waals surface area contributed by atoms with Crippen LogP contribution in [-0.2, 0) is 0 Å². The van der Waals surface area contributed by atoms with Gasteiger partial charge in [-0.2, -0.15) is 0 Å². The molecule has 1 aliphatic heterocycles. The van der Waals surface area contributed by atoms with E-state index in [1.165, 1.54) is 5.01 Å². The summed E-state index contributed by atoms with van der Waals surface area (Å²) in [5, 5.41) is 11.9. The van der Waals surface area contributed by atoms with E-state index < -0.39 is 6.03 Å². The summed E-state index contributed by atoms with van der Waals surface area (Å²) in [6.07, 6.45) is 4.26. The highest BCUT2D eigenvalue weighted by atomic mass is 16.5. The fraction of sp³-hybridized carbons (Fsp3) is 0.333. The lowest BCUT2D eigenvalue weighted by Gasteiger charge is -2.39. The highest BCUT2D eigenvalue weighted by Gasteiger charge is 2.27. The molecular weight excluding hydrogens is 196 g/mol. The van der Waals surface area contributed by atoms with Crippen molar-refractivity contribution in [2.45, 2.75) is 6.42 Å². The molecule has 0 aliphatic carbocycles. The highest BCUT2D eigenvalue weighted by Crippen LogP contribution is 2.19. The largest absolute Gasteiger partial charge is 0.360 e. The monoisotopic (exact) mass is 208 g/mol. The van der Waals surface area contributed by atoms with E-state index in [4.69, 9.17) is 5.21 Å². The van der Waals surface area contributed by atoms with E-state index in [1.807, 2.05) is 5.01 Å². The van der Waals surface area contributed by atoms with Crippen molar-refractivity contribution >= 4 is 11.7 Å². The fourth-order valence-electron chi connectivity index (χ4n) is 1.43. The summed E-state index contributed by atoms with van der Waals surface area (Å²) in [4.78, 5) is 15.4. The predicted octanol–water partition coefficient (Wildman–Crippen LogP) is 0.607. The number of carbonyl (C=O) groups is 1. The van der Waals surface area contributed by atoms with E-state index in [9.17, 15) is 4.79 Å². The first-order valence-corrected chi connectivity index (χ1v) is 4.72. The van der Waals surface area contributed by atoms with Crippen LogP contribution in [0.4, 0.5) is 10.5 Å². The molecule has 2 heterocycles. The number of hydroxylamine groups is 1. The third-order valence-corrected chi connectivity index (χ3v) is 2.29. The first-order valence-electron chi connectivity index (χ1n) is 4.72. The number of amides is 2. The molecule has 0 bridgehead atoms. The van der Waals surface area contributed by atoms with Gasteiger partial charge in [-0.25, -0.2) is 20.3 Å². The first kappa shape index (κ1) is 9.88. The molecule has 80 valence electrons. The number of nitrogens with zero attached hydrogens (tertiary/aromatic N) is 3. The van der Waals surface area contributed by atoms with Crippen LogP contribution >= 0.6 is 0 Å². The van der Waals surface area contributed by atoms with Crippen LogP contribution in [0.2, 0.25) is 0 Å². The van der Waals surface area contributed by atoms with Gasteiger partial charge in [-0.3, -0.25) is 10.2 Å². The minimum Gasteiger partial charge on any atom is -0.287 e. The molecule has 0 saturated carbocycles. The SMILES string of the molecule is O=C(NO)N(c1cccnc1)N1CCC1. The van der Waals surface area contributed by atoms with Gasteiger partial charge in [0, 0.05) is 19.3 Å². The van der Waals surface area contributed by atoms with Crippen LogP contribution in [0.1, 0.15) is 6.42 Å². The van der Waals surface area contributed by atoms with E-state index in [1.54, 1.807) is 30.0 Å². The lowest BCUT2D eigenvalue weighted by molar-refractivity contribution is 0.125. The van der Waals surface area contributed by atoms with Crippen LogP contribution in [0.25, 0.3) is 0 Å². The molecule has 0 aromatic carbocycles. The molecule has 1 aliphatic rings. The third kappa shape index (κ3) is 1.90. The summed E-state index contributed by atoms with van der Waals surface area (Å²) < 4.78 is 0. The number of nitrogens with one attached hydrogen (secondary N) is 1. The zero-order chi connectivity index (χ0) is 10.7. The first-order chi connectivity index (χ1) is 7.33. The Morgan fingerprint density at radius 3 is 2.87 bits per heavy atom. The molecule has 6 heteroatoms. The number of urea groups is 1. The molecule has 2 N–H and O–H groups in total. The van der Waals surface area contributed by atoms with Crippen molar-refractivity contribution in [3.63, 3.8) is 0 Å². The van der Waals surface area contributed by atoms with Gasteiger partial charge in [0.25, 0.3) is 0 Å². The van der Waals surface area contributed by atoms with E-state index in [2.05, 4.69) is 4.98 Å². The van der Waals surface area contributed by atoms with Crippen molar-refractivity contribution in [2.24, 2.45) is 0 Å². The number of aromatic nitrogens is 1. The van der Waals surface area contributed by atoms with Crippen LogP contribution in [0.5, 0.6) is 0 Å². The number of hydrogen-bond donors (Lipinski definition) is 2. The van der Waals surface area contributed by atoms with Crippen molar-refractivity contribution in [3.8, 4) is 0 Å². The molecule has 6 nitrogen and oxygen atoms in total. The molecular formula is C9H12N4O2. The maximum absolute atomic E-state index is 11.4. The average molecular weight is 208 g/mol. The van der Waals surface area contributed by atoms with Gasteiger partial charge in [0.05, 0.1) is 11.9 Å². The summed E-state index contributed by atoms with van der Waals surface area (Å²) in [5.74, 6) is 0. The van der Waals surface area contributed by atoms with E-state index >= 15 is 0 Å². The van der Waals surface area contributed by atoms with Gasteiger partial charge in [-0.15, -0.1) is 0 Å². The fourth-order valence-corrected chi connectivity index (χ4v) is 1.43. The smallest absolute Gasteiger partial charge is 0.287 e. The second-order valence-electron chi connectivity index (χ2n) is 3.25. The quantitative estimate of drug-likeness (QED) is 0.552. The van der Waals surface area contributed by atoms with Crippen molar-refractivity contribution in [2.75, 3.05) is 18.1 Å². The number of carbonyl (C=O) groups excluding carboxylic acids is 1. The summed E-state index contributed by atoms with van der Waals surface area (Å²) in [6, 6.07) is 2.94. The predicted molar refractivity (Wildman–Crippen MR) is 53.2 cm³/mol. The topological polar surface area (TPSA) is 68.7 Å². The second-order valence-corrected chi connectivity index (χ2v) is 3.25. The van der Waals surface area contributed by atoms with Crippen LogP contribution in [0.15, 0.2) is 24.5 Å². The zero-order valence-corrected chi connectivity index (χ0v) is 8.13. The number of anilines is 1. The van der Waals surface area contributed by atoms with E-state index in [0.717, 1.165) is 19.5 Å². The van der Waals surface area contributed by atoms with Crippen LogP contribution in [0.3, 0.4) is 0 Å². The molecule has 1 aromatic heterocycles. The minimum atomic E-state index is -0.567. The molecule has 1 aromatic rings. The lowest BCUT2D eigenvalue weighted by atomic mass is 10.2. The molecule has 2 amide bonds. The maximum Gasteiger partial charge on any atom is 0.360 e. The summed E-state index contributed by atoms with van der Waals surface area (Å²) >= 11 is 0. The van der Waals surface area contributed by atoms with Crippen LogP contribution < -0.4 is 10.5 Å². The molecule has 15 heavy (non-hydrogen) atoms. The Morgan fingerprint density at radius 2 is 2.40 bits per heavy atom. The summed E-state index contributed by atoms with van der Waals surface area (Å²) in [5.41, 5.74) is 2.27. The maximum atomic E-state index is 11.4. The number of hydrogen-bond acceptors (Lipinski definition) is 4. The van der Waals surface area contributed by atoms with Gasteiger partial charge in [0.1, 0.15) is 0 Å². The molecule has 1 saturated heterocycles. The zero-order valence-electron chi connectivity index (χ0n) is 8.13. The van der Waals surface area contributed by atoms with Gasteiger partial charge in [0.15, 0.2) is 0 Å². The molecule has 2 rings (SSSR count). The van der Waals surface area contributed by atoms with Crippen LogP contribution in [0, 0.1) is 0 Å². The standard InChI is InChI=1S/C9H12N4O2/c14-9(11-15)13(12-5-2-6-12)8-3-1-4-10-7-8/h1,3-4,7,15H,2,5-6H2,(H,11,14). The van der Waals surface area contributed by atoms with E-state index in [-0.39, 0.29) is 0 Å². The summed E-state index contributed by atoms with van der Waals surface area (Å²) in [6.45, 7) is 1.62. The molecule has 0 radical (unpaired) electrons. The Labute approximate surface area is 87.1 Å². The summed E-state index contributed by atoms with van der Waals surface area (Å²) in [7, 11) is 0. The van der Waals surface area contributed by atoms with Crippen LogP contribution in [-0.4, -0.2) is 34.3 Å². The minimum absolute atomic E-state index is 0.567. The van der Waals surface area contributed by atoms with Gasteiger partial charge in [0.2, 0.25) is 0 Å². The Bertz CT molecular complexity index is 339. The van der Waals surface area contributed by atoms with Gasteiger partial charge < -0.3 is 0 Å². The highest BCUT2D eigenvalue weighted by molar-refractivity contribution is 5.90. The molecule has 0 unspecified atom stereocenters. The third-order valence-electron chi connectivity index (χ3n) is 2.29. The van der Waals surface area contributed by atoms with Gasteiger partial charge in [-0.05, 0) is 18.6 Å². The Hall–Kier alpha value is -1.66. The Balaban J connectivity index is 2.22. The molecule has 1 fully saturated rings.